The quantitative estimate of drug-likeness (QED) is 0.911. The van der Waals surface area contributed by atoms with Crippen molar-refractivity contribution in [2.45, 2.75) is 13.5 Å². The van der Waals surface area contributed by atoms with Crippen molar-refractivity contribution >= 4 is 32.8 Å². The monoisotopic (exact) mass is 336 g/mol. The molecule has 0 aliphatic rings. The van der Waals surface area contributed by atoms with Gasteiger partial charge in [-0.2, -0.15) is 0 Å². The number of pyridine rings is 1. The summed E-state index contributed by atoms with van der Waals surface area (Å²) < 4.78 is 1.01. The molecular formula is C15H17BrN2O2. The maximum atomic E-state index is 10.9. The third kappa shape index (κ3) is 3.55. The molecule has 2 rings (SSSR count). The van der Waals surface area contributed by atoms with Crippen LogP contribution in [0.4, 0.5) is 0 Å². The fraction of sp³-hybridized carbons (Fsp3) is 0.333. The van der Waals surface area contributed by atoms with Crippen LogP contribution in [0.3, 0.4) is 0 Å². The van der Waals surface area contributed by atoms with Crippen molar-refractivity contribution in [1.82, 2.24) is 9.88 Å². The van der Waals surface area contributed by atoms with Crippen LogP contribution in [0.2, 0.25) is 0 Å². The second-order valence-electron chi connectivity index (χ2n) is 5.08. The Bertz CT molecular complexity index is 630. The van der Waals surface area contributed by atoms with Crippen LogP contribution in [0.25, 0.3) is 10.9 Å². The van der Waals surface area contributed by atoms with E-state index in [4.69, 9.17) is 5.11 Å². The topological polar surface area (TPSA) is 53.4 Å². The van der Waals surface area contributed by atoms with Crippen LogP contribution in [0, 0.1) is 5.92 Å². The highest BCUT2D eigenvalue weighted by Crippen LogP contribution is 2.23. The lowest BCUT2D eigenvalue weighted by Gasteiger charge is -2.20. The van der Waals surface area contributed by atoms with Crippen LogP contribution in [0.5, 0.6) is 0 Å². The molecule has 0 aliphatic carbocycles. The predicted molar refractivity (Wildman–Crippen MR) is 82.6 cm³/mol. The first-order valence-corrected chi connectivity index (χ1v) is 7.21. The Labute approximate surface area is 126 Å². The highest BCUT2D eigenvalue weighted by Gasteiger charge is 2.15. The van der Waals surface area contributed by atoms with Gasteiger partial charge in [0, 0.05) is 29.1 Å². The molecule has 5 heteroatoms. The number of carbonyl (C=O) groups is 1. The van der Waals surface area contributed by atoms with Crippen molar-refractivity contribution in [2.75, 3.05) is 13.6 Å². The van der Waals surface area contributed by atoms with Crippen LogP contribution in [0.15, 0.2) is 34.9 Å². The SMILES string of the molecule is CC(CN(C)Cc1cc(Br)cc2cccnc12)C(=O)O. The second kappa shape index (κ2) is 6.33. The average Bonchev–Trinajstić information content (AvgIpc) is 2.38. The molecule has 0 bridgehead atoms. The smallest absolute Gasteiger partial charge is 0.307 e. The minimum Gasteiger partial charge on any atom is -0.481 e. The summed E-state index contributed by atoms with van der Waals surface area (Å²) in [7, 11) is 1.93. The zero-order chi connectivity index (χ0) is 14.7. The molecular weight excluding hydrogens is 320 g/mol. The van der Waals surface area contributed by atoms with Crippen LogP contribution in [-0.2, 0) is 11.3 Å². The van der Waals surface area contributed by atoms with Crippen molar-refractivity contribution in [2.24, 2.45) is 5.92 Å². The fourth-order valence-corrected chi connectivity index (χ4v) is 2.77. The first-order chi connectivity index (χ1) is 9.47. The molecule has 1 atom stereocenters. The van der Waals surface area contributed by atoms with E-state index in [-0.39, 0.29) is 5.92 Å². The first-order valence-electron chi connectivity index (χ1n) is 6.42. The fourth-order valence-electron chi connectivity index (χ4n) is 2.25. The Kier molecular flexibility index (Phi) is 4.73. The molecule has 0 amide bonds. The summed E-state index contributed by atoms with van der Waals surface area (Å²) in [5.74, 6) is -1.15. The van der Waals surface area contributed by atoms with Crippen LogP contribution in [-0.4, -0.2) is 34.6 Å². The van der Waals surface area contributed by atoms with Gasteiger partial charge in [-0.15, -0.1) is 0 Å². The summed E-state index contributed by atoms with van der Waals surface area (Å²) in [4.78, 5) is 17.3. The first kappa shape index (κ1) is 14.9. The van der Waals surface area contributed by atoms with Crippen LogP contribution >= 0.6 is 15.9 Å². The number of carboxylic acids is 1. The average molecular weight is 337 g/mol. The standard InChI is InChI=1S/C15H17BrN2O2/c1-10(15(19)20)8-18(2)9-12-7-13(16)6-11-4-3-5-17-14(11)12/h3-7,10H,8-9H2,1-2H3,(H,19,20). The summed E-state index contributed by atoms with van der Waals surface area (Å²) in [6.07, 6.45) is 1.78. The summed E-state index contributed by atoms with van der Waals surface area (Å²) in [6.45, 7) is 2.90. The number of nitrogens with zero attached hydrogens (tertiary/aromatic N) is 2. The molecule has 0 spiro atoms. The van der Waals surface area contributed by atoms with Gasteiger partial charge < -0.3 is 10.0 Å². The van der Waals surface area contributed by atoms with Gasteiger partial charge in [-0.1, -0.05) is 28.9 Å². The molecule has 20 heavy (non-hydrogen) atoms. The minimum absolute atomic E-state index is 0.383. The van der Waals surface area contributed by atoms with E-state index >= 15 is 0 Å². The molecule has 0 fully saturated rings. The van der Waals surface area contributed by atoms with E-state index in [9.17, 15) is 4.79 Å². The zero-order valence-corrected chi connectivity index (χ0v) is 13.1. The lowest BCUT2D eigenvalue weighted by atomic mass is 10.1. The number of carboxylic acid groups (broad SMARTS) is 1. The summed E-state index contributed by atoms with van der Waals surface area (Å²) >= 11 is 3.51. The van der Waals surface area contributed by atoms with Crippen molar-refractivity contribution < 1.29 is 9.90 Å². The maximum absolute atomic E-state index is 10.9. The minimum atomic E-state index is -0.769. The Hall–Kier alpha value is -1.46. The maximum Gasteiger partial charge on any atom is 0.307 e. The van der Waals surface area contributed by atoms with Crippen molar-refractivity contribution in [3.8, 4) is 0 Å². The highest BCUT2D eigenvalue weighted by molar-refractivity contribution is 9.10. The van der Waals surface area contributed by atoms with Crippen LogP contribution < -0.4 is 0 Å². The van der Waals surface area contributed by atoms with E-state index in [0.29, 0.717) is 13.1 Å². The van der Waals surface area contributed by atoms with E-state index in [1.165, 1.54) is 0 Å². The van der Waals surface area contributed by atoms with E-state index in [2.05, 4.69) is 20.9 Å². The number of fused-ring (bicyclic) bond motifs is 1. The van der Waals surface area contributed by atoms with E-state index < -0.39 is 5.97 Å². The lowest BCUT2D eigenvalue weighted by molar-refractivity contribution is -0.141. The number of aliphatic carboxylic acids is 1. The number of benzene rings is 1. The number of halogens is 1. The van der Waals surface area contributed by atoms with Gasteiger partial charge in [0.05, 0.1) is 11.4 Å². The van der Waals surface area contributed by atoms with E-state index in [1.807, 2.05) is 36.2 Å². The van der Waals surface area contributed by atoms with E-state index in [1.54, 1.807) is 13.1 Å². The second-order valence-corrected chi connectivity index (χ2v) is 5.99. The van der Waals surface area contributed by atoms with Gasteiger partial charge in [0.2, 0.25) is 0 Å². The van der Waals surface area contributed by atoms with Crippen molar-refractivity contribution in [1.29, 1.82) is 0 Å². The van der Waals surface area contributed by atoms with Crippen molar-refractivity contribution in [3.63, 3.8) is 0 Å². The van der Waals surface area contributed by atoms with Gasteiger partial charge in [-0.05, 0) is 30.8 Å². The molecule has 0 aliphatic heterocycles. The Morgan fingerprint density at radius 1 is 1.50 bits per heavy atom. The molecule has 1 unspecified atom stereocenters. The predicted octanol–water partition coefficient (Wildman–Crippen LogP) is 3.15. The number of aromatic nitrogens is 1. The molecule has 0 saturated heterocycles. The zero-order valence-electron chi connectivity index (χ0n) is 11.5. The van der Waals surface area contributed by atoms with Gasteiger partial charge in [0.25, 0.3) is 0 Å². The Morgan fingerprint density at radius 3 is 2.95 bits per heavy atom. The van der Waals surface area contributed by atoms with Gasteiger partial charge >= 0.3 is 5.97 Å². The Morgan fingerprint density at radius 2 is 2.25 bits per heavy atom. The highest BCUT2D eigenvalue weighted by atomic mass is 79.9. The lowest BCUT2D eigenvalue weighted by Crippen LogP contribution is -2.28. The number of rotatable bonds is 5. The van der Waals surface area contributed by atoms with Crippen LogP contribution in [0.1, 0.15) is 12.5 Å². The summed E-state index contributed by atoms with van der Waals surface area (Å²) in [5, 5.41) is 10.0. The number of hydrogen-bond donors (Lipinski definition) is 1. The normalized spacial score (nSPS) is 12.8. The largest absolute Gasteiger partial charge is 0.481 e. The van der Waals surface area contributed by atoms with Gasteiger partial charge in [0.15, 0.2) is 0 Å². The molecule has 1 heterocycles. The Balaban J connectivity index is 2.23. The summed E-state index contributed by atoms with van der Waals surface area (Å²) in [5.41, 5.74) is 2.06. The third-order valence-electron chi connectivity index (χ3n) is 3.20. The molecule has 1 aromatic carbocycles. The summed E-state index contributed by atoms with van der Waals surface area (Å²) in [6, 6.07) is 8.01. The third-order valence-corrected chi connectivity index (χ3v) is 3.65. The molecule has 1 aromatic heterocycles. The van der Waals surface area contributed by atoms with Gasteiger partial charge in [-0.3, -0.25) is 9.78 Å². The molecule has 1 N–H and O–H groups in total. The van der Waals surface area contributed by atoms with Crippen molar-refractivity contribution in [3.05, 3.63) is 40.5 Å². The van der Waals surface area contributed by atoms with E-state index in [0.717, 1.165) is 20.9 Å². The molecule has 4 nitrogen and oxygen atoms in total. The molecule has 0 radical (unpaired) electrons. The van der Waals surface area contributed by atoms with Gasteiger partial charge in [-0.25, -0.2) is 0 Å². The van der Waals surface area contributed by atoms with Gasteiger partial charge in [0.1, 0.15) is 0 Å². The molecule has 106 valence electrons. The molecule has 2 aromatic rings. The molecule has 0 saturated carbocycles. The number of hydrogen-bond acceptors (Lipinski definition) is 3.